The number of rotatable bonds is 6. The molecule has 5 nitrogen and oxygen atoms in total. The van der Waals surface area contributed by atoms with Crippen LogP contribution in [-0.2, 0) is 11.3 Å². The van der Waals surface area contributed by atoms with Crippen molar-refractivity contribution in [1.82, 2.24) is 15.1 Å². The lowest BCUT2D eigenvalue weighted by Gasteiger charge is -2.31. The summed E-state index contributed by atoms with van der Waals surface area (Å²) in [5.41, 5.74) is 7.40. The van der Waals surface area contributed by atoms with Gasteiger partial charge < -0.3 is 11.1 Å². The van der Waals surface area contributed by atoms with E-state index in [2.05, 4.69) is 10.4 Å². The van der Waals surface area contributed by atoms with Gasteiger partial charge in [-0.15, -0.1) is 0 Å². The van der Waals surface area contributed by atoms with Crippen LogP contribution in [0.5, 0.6) is 0 Å². The fourth-order valence-corrected chi connectivity index (χ4v) is 2.07. The topological polar surface area (TPSA) is 72.9 Å². The summed E-state index contributed by atoms with van der Waals surface area (Å²) < 4.78 is 1.72. The number of carbonyl (C=O) groups excluding carboxylic acids is 1. The molecule has 0 saturated carbocycles. The fraction of sp³-hybridized carbons (Fsp3) is 0.692. The summed E-state index contributed by atoms with van der Waals surface area (Å²) in [6.45, 7) is 8.66. The van der Waals surface area contributed by atoms with E-state index in [0.717, 1.165) is 24.2 Å². The second kappa shape index (κ2) is 6.00. The van der Waals surface area contributed by atoms with Crippen LogP contribution in [0.25, 0.3) is 0 Å². The van der Waals surface area contributed by atoms with Crippen molar-refractivity contribution >= 4 is 5.91 Å². The van der Waals surface area contributed by atoms with Gasteiger partial charge in [0.05, 0.1) is 11.2 Å². The molecule has 0 aliphatic carbocycles. The van der Waals surface area contributed by atoms with E-state index in [4.69, 9.17) is 5.73 Å². The van der Waals surface area contributed by atoms with Crippen LogP contribution in [0.3, 0.4) is 0 Å². The Morgan fingerprint density at radius 1 is 1.44 bits per heavy atom. The van der Waals surface area contributed by atoms with Crippen LogP contribution in [-0.4, -0.2) is 27.8 Å². The minimum Gasteiger partial charge on any atom is -0.348 e. The Kier molecular flexibility index (Phi) is 4.90. The van der Waals surface area contributed by atoms with Crippen LogP contribution in [0.1, 0.15) is 38.1 Å². The molecule has 0 bridgehead atoms. The molecule has 5 heteroatoms. The molecule has 0 aliphatic rings. The van der Waals surface area contributed by atoms with Gasteiger partial charge in [0.1, 0.15) is 6.54 Å². The van der Waals surface area contributed by atoms with Crippen molar-refractivity contribution in [2.45, 2.75) is 52.6 Å². The standard InChI is InChI=1S/C13H24N4O/c1-5-13(6-2,9-14)15-12(18)8-17-11(4)7-10(3)16-17/h7H,5-6,8-9,14H2,1-4H3,(H,15,18). The first-order valence-electron chi connectivity index (χ1n) is 6.48. The molecule has 0 spiro atoms. The van der Waals surface area contributed by atoms with E-state index in [-0.39, 0.29) is 18.0 Å². The summed E-state index contributed by atoms with van der Waals surface area (Å²) in [6, 6.07) is 1.96. The first-order chi connectivity index (χ1) is 8.46. The largest absolute Gasteiger partial charge is 0.348 e. The predicted octanol–water partition coefficient (Wildman–Crippen LogP) is 1.13. The Balaban J connectivity index is 2.69. The third-order valence-electron chi connectivity index (χ3n) is 3.55. The van der Waals surface area contributed by atoms with Gasteiger partial charge in [-0.1, -0.05) is 13.8 Å². The molecule has 0 aliphatic heterocycles. The summed E-state index contributed by atoms with van der Waals surface area (Å²) in [6.07, 6.45) is 1.67. The highest BCUT2D eigenvalue weighted by molar-refractivity contribution is 5.76. The van der Waals surface area contributed by atoms with Crippen molar-refractivity contribution in [1.29, 1.82) is 0 Å². The Morgan fingerprint density at radius 2 is 2.06 bits per heavy atom. The molecule has 1 aromatic rings. The quantitative estimate of drug-likeness (QED) is 0.797. The monoisotopic (exact) mass is 252 g/mol. The van der Waals surface area contributed by atoms with Crippen molar-refractivity contribution in [2.75, 3.05) is 6.54 Å². The number of carbonyl (C=O) groups is 1. The average Bonchev–Trinajstić information content (AvgIpc) is 2.65. The van der Waals surface area contributed by atoms with E-state index in [1.807, 2.05) is 33.8 Å². The van der Waals surface area contributed by atoms with Gasteiger partial charge in [-0.3, -0.25) is 9.48 Å². The summed E-state index contributed by atoms with van der Waals surface area (Å²) >= 11 is 0. The molecule has 1 rings (SSSR count). The summed E-state index contributed by atoms with van der Waals surface area (Å²) in [4.78, 5) is 12.0. The molecule has 0 atom stereocenters. The first kappa shape index (κ1) is 14.7. The third-order valence-corrected chi connectivity index (χ3v) is 3.55. The molecule has 1 aromatic heterocycles. The minimum atomic E-state index is -0.285. The van der Waals surface area contributed by atoms with Gasteiger partial charge in [0, 0.05) is 12.2 Å². The SMILES string of the molecule is CCC(CC)(CN)NC(=O)Cn1nc(C)cc1C. The van der Waals surface area contributed by atoms with Gasteiger partial charge in [0.2, 0.25) is 5.91 Å². The molecule has 0 aromatic carbocycles. The third kappa shape index (κ3) is 3.32. The van der Waals surface area contributed by atoms with Crippen LogP contribution in [0.15, 0.2) is 6.07 Å². The number of nitrogens with zero attached hydrogens (tertiary/aromatic N) is 2. The van der Waals surface area contributed by atoms with Crippen molar-refractivity contribution < 1.29 is 4.79 Å². The van der Waals surface area contributed by atoms with Crippen molar-refractivity contribution in [3.63, 3.8) is 0 Å². The van der Waals surface area contributed by atoms with E-state index >= 15 is 0 Å². The second-order valence-electron chi connectivity index (χ2n) is 4.82. The number of nitrogens with one attached hydrogen (secondary N) is 1. The predicted molar refractivity (Wildman–Crippen MR) is 72.2 cm³/mol. The van der Waals surface area contributed by atoms with Crippen LogP contribution in [0.2, 0.25) is 0 Å². The fourth-order valence-electron chi connectivity index (χ4n) is 2.07. The molecule has 0 radical (unpaired) electrons. The normalized spacial score (nSPS) is 11.6. The summed E-state index contributed by atoms with van der Waals surface area (Å²) in [5.74, 6) is -0.0321. The van der Waals surface area contributed by atoms with E-state index in [0.29, 0.717) is 6.54 Å². The molecule has 3 N–H and O–H groups in total. The minimum absolute atomic E-state index is 0.0321. The zero-order valence-electron chi connectivity index (χ0n) is 11.8. The molecule has 0 unspecified atom stereocenters. The zero-order valence-corrected chi connectivity index (χ0v) is 11.8. The number of aromatic nitrogens is 2. The van der Waals surface area contributed by atoms with E-state index in [9.17, 15) is 4.79 Å². The van der Waals surface area contributed by atoms with E-state index in [1.165, 1.54) is 0 Å². The Labute approximate surface area is 109 Å². The second-order valence-corrected chi connectivity index (χ2v) is 4.82. The van der Waals surface area contributed by atoms with Crippen molar-refractivity contribution in [3.8, 4) is 0 Å². The molecule has 0 saturated heterocycles. The highest BCUT2D eigenvalue weighted by atomic mass is 16.2. The number of amides is 1. The summed E-state index contributed by atoms with van der Waals surface area (Å²) in [7, 11) is 0. The summed E-state index contributed by atoms with van der Waals surface area (Å²) in [5, 5.41) is 7.32. The molecular formula is C13H24N4O. The Hall–Kier alpha value is -1.36. The van der Waals surface area contributed by atoms with Crippen LogP contribution >= 0.6 is 0 Å². The van der Waals surface area contributed by atoms with Gasteiger partial charge in [-0.05, 0) is 32.8 Å². The van der Waals surface area contributed by atoms with Gasteiger partial charge in [0.15, 0.2) is 0 Å². The maximum Gasteiger partial charge on any atom is 0.242 e. The highest BCUT2D eigenvalue weighted by Crippen LogP contribution is 2.13. The maximum absolute atomic E-state index is 12.0. The average molecular weight is 252 g/mol. The first-order valence-corrected chi connectivity index (χ1v) is 6.48. The molecule has 1 amide bonds. The zero-order chi connectivity index (χ0) is 13.8. The number of nitrogens with two attached hydrogens (primary N) is 1. The molecule has 1 heterocycles. The van der Waals surface area contributed by atoms with Gasteiger partial charge in [0.25, 0.3) is 0 Å². The maximum atomic E-state index is 12.0. The van der Waals surface area contributed by atoms with Gasteiger partial charge in [-0.2, -0.15) is 5.10 Å². The van der Waals surface area contributed by atoms with Gasteiger partial charge >= 0.3 is 0 Å². The molecule has 102 valence electrons. The van der Waals surface area contributed by atoms with Gasteiger partial charge in [-0.25, -0.2) is 0 Å². The Morgan fingerprint density at radius 3 is 2.44 bits per heavy atom. The lowest BCUT2D eigenvalue weighted by Crippen LogP contribution is -2.53. The van der Waals surface area contributed by atoms with Crippen LogP contribution in [0.4, 0.5) is 0 Å². The molecule has 18 heavy (non-hydrogen) atoms. The van der Waals surface area contributed by atoms with Crippen molar-refractivity contribution in [2.24, 2.45) is 5.73 Å². The van der Waals surface area contributed by atoms with Crippen LogP contribution in [0, 0.1) is 13.8 Å². The van der Waals surface area contributed by atoms with Crippen LogP contribution < -0.4 is 11.1 Å². The van der Waals surface area contributed by atoms with Crippen molar-refractivity contribution in [3.05, 3.63) is 17.5 Å². The molecule has 0 fully saturated rings. The smallest absolute Gasteiger partial charge is 0.242 e. The highest BCUT2D eigenvalue weighted by Gasteiger charge is 2.26. The number of hydrogen-bond acceptors (Lipinski definition) is 3. The Bertz CT molecular complexity index is 399. The number of hydrogen-bond donors (Lipinski definition) is 2. The lowest BCUT2D eigenvalue weighted by atomic mass is 9.93. The van der Waals surface area contributed by atoms with E-state index < -0.39 is 0 Å². The van der Waals surface area contributed by atoms with E-state index in [1.54, 1.807) is 4.68 Å². The molecular weight excluding hydrogens is 228 g/mol. The lowest BCUT2D eigenvalue weighted by molar-refractivity contribution is -0.123. The number of aryl methyl sites for hydroxylation is 2.